The van der Waals surface area contributed by atoms with Crippen LogP contribution in [0.5, 0.6) is 0 Å². The number of nitrogens with one attached hydrogen (secondary N) is 1. The zero-order chi connectivity index (χ0) is 18.5. The van der Waals surface area contributed by atoms with E-state index in [9.17, 15) is 14.4 Å². The minimum absolute atomic E-state index is 0.0809. The van der Waals surface area contributed by atoms with Crippen molar-refractivity contribution in [1.29, 1.82) is 0 Å². The van der Waals surface area contributed by atoms with E-state index in [4.69, 9.17) is 0 Å². The molecule has 5 nitrogen and oxygen atoms in total. The summed E-state index contributed by atoms with van der Waals surface area (Å²) in [5, 5.41) is 2.84. The molecule has 1 aliphatic heterocycles. The molecule has 2 aromatic carbocycles. The third-order valence-electron chi connectivity index (χ3n) is 3.93. The molecule has 0 unspecified atom stereocenters. The number of hydrogen-bond acceptors (Lipinski definition) is 4. The van der Waals surface area contributed by atoms with Crippen molar-refractivity contribution in [3.05, 3.63) is 64.1 Å². The minimum Gasteiger partial charge on any atom is -0.324 e. The summed E-state index contributed by atoms with van der Waals surface area (Å²) in [4.78, 5) is 37.7. The van der Waals surface area contributed by atoms with Gasteiger partial charge in [0.05, 0.1) is 22.6 Å². The van der Waals surface area contributed by atoms with Crippen molar-refractivity contribution < 1.29 is 14.4 Å². The number of fused-ring (bicyclic) bond motifs is 1. The molecule has 1 heterocycles. The largest absolute Gasteiger partial charge is 0.324 e. The number of thioether (sulfide) groups is 1. The zero-order valence-electron chi connectivity index (χ0n) is 13.9. The van der Waals surface area contributed by atoms with Crippen LogP contribution >= 0.6 is 27.7 Å². The van der Waals surface area contributed by atoms with Crippen LogP contribution in [0.4, 0.5) is 5.69 Å². The summed E-state index contributed by atoms with van der Waals surface area (Å²) >= 11 is 4.87. The van der Waals surface area contributed by atoms with Crippen LogP contribution in [0, 0.1) is 0 Å². The van der Waals surface area contributed by atoms with Crippen molar-refractivity contribution in [2.45, 2.75) is 6.42 Å². The second-order valence-corrected chi connectivity index (χ2v) is 7.70. The Morgan fingerprint density at radius 1 is 1.00 bits per heavy atom. The molecule has 0 radical (unpaired) electrons. The van der Waals surface area contributed by atoms with Crippen LogP contribution in [0.3, 0.4) is 0 Å². The van der Waals surface area contributed by atoms with Gasteiger partial charge in [-0.15, -0.1) is 0 Å². The number of carbonyl (C=O) groups excluding carboxylic acids is 3. The van der Waals surface area contributed by atoms with Crippen molar-refractivity contribution in [3.63, 3.8) is 0 Å². The summed E-state index contributed by atoms with van der Waals surface area (Å²) < 4.78 is 0.837. The molecule has 0 spiro atoms. The summed E-state index contributed by atoms with van der Waals surface area (Å²) in [6.45, 7) is 0.366. The fourth-order valence-corrected chi connectivity index (χ4v) is 3.80. The SMILES string of the molecule is O=C(CSCCCN1C(=O)c2ccccc2C1=O)Nc1ccccc1Br. The Morgan fingerprint density at radius 2 is 1.62 bits per heavy atom. The van der Waals surface area contributed by atoms with Gasteiger partial charge in [-0.2, -0.15) is 11.8 Å². The maximum atomic E-state index is 12.2. The molecule has 0 aromatic heterocycles. The lowest BCUT2D eigenvalue weighted by Gasteiger charge is -2.13. The Hall–Kier alpha value is -2.12. The predicted molar refractivity (Wildman–Crippen MR) is 107 cm³/mol. The van der Waals surface area contributed by atoms with Crippen molar-refractivity contribution in [3.8, 4) is 0 Å². The van der Waals surface area contributed by atoms with E-state index in [-0.39, 0.29) is 17.7 Å². The van der Waals surface area contributed by atoms with Gasteiger partial charge in [0.2, 0.25) is 5.91 Å². The number of rotatable bonds is 7. The highest BCUT2D eigenvalue weighted by molar-refractivity contribution is 9.10. The second-order valence-electron chi connectivity index (χ2n) is 5.74. The minimum atomic E-state index is -0.234. The van der Waals surface area contributed by atoms with Crippen molar-refractivity contribution in [2.24, 2.45) is 0 Å². The van der Waals surface area contributed by atoms with E-state index in [0.717, 1.165) is 10.2 Å². The van der Waals surface area contributed by atoms with Crippen LogP contribution in [-0.2, 0) is 4.79 Å². The molecule has 7 heteroatoms. The topological polar surface area (TPSA) is 66.5 Å². The van der Waals surface area contributed by atoms with Gasteiger partial charge in [-0.05, 0) is 52.4 Å². The predicted octanol–water partition coefficient (Wildman–Crippen LogP) is 3.81. The number of imide groups is 1. The number of nitrogens with zero attached hydrogens (tertiary/aromatic N) is 1. The standard InChI is InChI=1S/C19H17BrN2O3S/c20-15-8-3-4-9-16(15)21-17(23)12-26-11-5-10-22-18(24)13-6-1-2-7-14(13)19(22)25/h1-4,6-9H,5,10-12H2,(H,21,23). The Bertz CT molecular complexity index is 821. The molecule has 0 bridgehead atoms. The number of anilines is 1. The number of benzene rings is 2. The van der Waals surface area contributed by atoms with E-state index in [1.807, 2.05) is 24.3 Å². The fourth-order valence-electron chi connectivity index (χ4n) is 2.68. The van der Waals surface area contributed by atoms with Gasteiger partial charge in [0.1, 0.15) is 0 Å². The van der Waals surface area contributed by atoms with E-state index < -0.39 is 0 Å². The van der Waals surface area contributed by atoms with Gasteiger partial charge in [0.25, 0.3) is 11.8 Å². The van der Waals surface area contributed by atoms with Gasteiger partial charge in [0, 0.05) is 11.0 Å². The van der Waals surface area contributed by atoms with Crippen LogP contribution in [0.2, 0.25) is 0 Å². The molecule has 0 saturated carbocycles. The van der Waals surface area contributed by atoms with E-state index >= 15 is 0 Å². The lowest BCUT2D eigenvalue weighted by Crippen LogP contribution is -2.31. The zero-order valence-corrected chi connectivity index (χ0v) is 16.3. The second kappa shape index (κ2) is 8.51. The van der Waals surface area contributed by atoms with Crippen LogP contribution in [0.1, 0.15) is 27.1 Å². The number of halogens is 1. The number of amides is 3. The normalized spacial score (nSPS) is 13.0. The molecule has 134 valence electrons. The maximum Gasteiger partial charge on any atom is 0.261 e. The van der Waals surface area contributed by atoms with Crippen molar-refractivity contribution in [2.75, 3.05) is 23.4 Å². The summed E-state index contributed by atoms with van der Waals surface area (Å²) in [5.74, 6) is 0.465. The van der Waals surface area contributed by atoms with Crippen LogP contribution in [0.15, 0.2) is 53.0 Å². The molecule has 0 atom stereocenters. The first-order valence-corrected chi connectivity index (χ1v) is 10.1. The van der Waals surface area contributed by atoms with Gasteiger partial charge in [0.15, 0.2) is 0 Å². The molecule has 26 heavy (non-hydrogen) atoms. The molecular formula is C19H17BrN2O3S. The average molecular weight is 433 g/mol. The maximum absolute atomic E-state index is 12.2. The Morgan fingerprint density at radius 3 is 2.27 bits per heavy atom. The number of hydrogen-bond donors (Lipinski definition) is 1. The molecule has 1 N–H and O–H groups in total. The average Bonchev–Trinajstić information content (AvgIpc) is 2.88. The molecule has 3 rings (SSSR count). The van der Waals surface area contributed by atoms with Gasteiger partial charge >= 0.3 is 0 Å². The lowest BCUT2D eigenvalue weighted by atomic mass is 10.1. The van der Waals surface area contributed by atoms with Crippen LogP contribution in [0.25, 0.3) is 0 Å². The molecule has 0 saturated heterocycles. The molecule has 2 aromatic rings. The molecule has 1 aliphatic rings. The molecular weight excluding hydrogens is 416 g/mol. The third kappa shape index (κ3) is 4.16. The molecule has 0 fully saturated rings. The Balaban J connectivity index is 1.40. The molecule has 3 amide bonds. The van der Waals surface area contributed by atoms with Gasteiger partial charge in [-0.3, -0.25) is 19.3 Å². The first-order chi connectivity index (χ1) is 12.6. The quantitative estimate of drug-likeness (QED) is 0.533. The van der Waals surface area contributed by atoms with Crippen LogP contribution in [-0.4, -0.2) is 40.7 Å². The number of para-hydroxylation sites is 1. The highest BCUT2D eigenvalue weighted by Gasteiger charge is 2.34. The fraction of sp³-hybridized carbons (Fsp3) is 0.211. The Labute approximate surface area is 164 Å². The first-order valence-electron chi connectivity index (χ1n) is 8.15. The molecule has 0 aliphatic carbocycles. The summed E-state index contributed by atoms with van der Waals surface area (Å²) in [6.07, 6.45) is 0.651. The number of carbonyl (C=O) groups is 3. The monoisotopic (exact) mass is 432 g/mol. The van der Waals surface area contributed by atoms with E-state index in [1.54, 1.807) is 24.3 Å². The van der Waals surface area contributed by atoms with Gasteiger partial charge < -0.3 is 5.32 Å². The lowest BCUT2D eigenvalue weighted by molar-refractivity contribution is -0.113. The smallest absolute Gasteiger partial charge is 0.261 e. The highest BCUT2D eigenvalue weighted by Crippen LogP contribution is 2.23. The van der Waals surface area contributed by atoms with E-state index in [2.05, 4.69) is 21.2 Å². The highest BCUT2D eigenvalue weighted by atomic mass is 79.9. The van der Waals surface area contributed by atoms with Crippen LogP contribution < -0.4 is 5.32 Å². The summed E-state index contributed by atoms with van der Waals surface area (Å²) in [6, 6.07) is 14.3. The van der Waals surface area contributed by atoms with E-state index in [1.165, 1.54) is 16.7 Å². The first kappa shape index (κ1) is 18.7. The summed E-state index contributed by atoms with van der Waals surface area (Å²) in [5.41, 5.74) is 1.68. The van der Waals surface area contributed by atoms with E-state index in [0.29, 0.717) is 35.6 Å². The Kier molecular flexibility index (Phi) is 6.11. The van der Waals surface area contributed by atoms with Crippen molar-refractivity contribution >= 4 is 51.1 Å². The summed E-state index contributed by atoms with van der Waals surface area (Å²) in [7, 11) is 0. The van der Waals surface area contributed by atoms with Crippen molar-refractivity contribution in [1.82, 2.24) is 4.90 Å². The third-order valence-corrected chi connectivity index (χ3v) is 5.66. The van der Waals surface area contributed by atoms with Gasteiger partial charge in [-0.25, -0.2) is 0 Å². The van der Waals surface area contributed by atoms with Gasteiger partial charge in [-0.1, -0.05) is 24.3 Å².